The number of aromatic nitrogens is 1. The van der Waals surface area contributed by atoms with Crippen molar-refractivity contribution in [2.45, 2.75) is 13.5 Å². The third kappa shape index (κ3) is 2.34. The molecule has 0 N–H and O–H groups in total. The molecule has 0 aliphatic heterocycles. The summed E-state index contributed by atoms with van der Waals surface area (Å²) >= 11 is 1.52. The third-order valence-corrected chi connectivity index (χ3v) is 4.43. The Hall–Kier alpha value is -2.47. The van der Waals surface area contributed by atoms with Crippen LogP contribution in [0.1, 0.15) is 11.1 Å². The van der Waals surface area contributed by atoms with Crippen molar-refractivity contribution in [3.8, 4) is 0 Å². The summed E-state index contributed by atoms with van der Waals surface area (Å²) in [6.45, 7) is 2.04. The highest BCUT2D eigenvalue weighted by Gasteiger charge is 2.14. The predicted molar refractivity (Wildman–Crippen MR) is 83.0 cm³/mol. The minimum atomic E-state index is -0.399. The summed E-state index contributed by atoms with van der Waals surface area (Å²) in [6, 6.07) is 8.64. The van der Waals surface area contributed by atoms with Gasteiger partial charge in [0.05, 0.1) is 16.9 Å². The largest absolute Gasteiger partial charge is 0.310 e. The number of rotatable bonds is 3. The van der Waals surface area contributed by atoms with E-state index in [1.165, 1.54) is 17.4 Å². The molecule has 0 unspecified atom stereocenters. The van der Waals surface area contributed by atoms with E-state index in [0.29, 0.717) is 17.5 Å². The van der Waals surface area contributed by atoms with Crippen molar-refractivity contribution in [1.82, 2.24) is 4.57 Å². The van der Waals surface area contributed by atoms with Gasteiger partial charge in [-0.3, -0.25) is 14.9 Å². The molecule has 0 fully saturated rings. The summed E-state index contributed by atoms with van der Waals surface area (Å²) in [5.41, 5.74) is 1.39. The lowest BCUT2D eigenvalue weighted by Gasteiger charge is -2.09. The summed E-state index contributed by atoms with van der Waals surface area (Å²) in [6.07, 6.45) is 1.74. The van der Waals surface area contributed by atoms with Gasteiger partial charge in [-0.2, -0.15) is 0 Å². The first-order chi connectivity index (χ1) is 10.1. The van der Waals surface area contributed by atoms with Crippen LogP contribution in [0, 0.1) is 17.0 Å². The molecule has 0 spiro atoms. The van der Waals surface area contributed by atoms with Crippen LogP contribution in [0.15, 0.2) is 46.7 Å². The number of nitro groups is 1. The number of pyridine rings is 1. The zero-order chi connectivity index (χ0) is 15.0. The number of fused-ring (bicyclic) bond motifs is 1. The van der Waals surface area contributed by atoms with E-state index < -0.39 is 4.92 Å². The van der Waals surface area contributed by atoms with Gasteiger partial charge < -0.3 is 4.57 Å². The van der Waals surface area contributed by atoms with Gasteiger partial charge in [-0.15, -0.1) is 11.3 Å². The number of benzene rings is 1. The van der Waals surface area contributed by atoms with Crippen LogP contribution in [0.2, 0.25) is 0 Å². The van der Waals surface area contributed by atoms with E-state index in [4.69, 9.17) is 0 Å². The molecule has 0 aliphatic rings. The van der Waals surface area contributed by atoms with E-state index in [9.17, 15) is 14.9 Å². The topological polar surface area (TPSA) is 65.1 Å². The molecule has 0 saturated heterocycles. The minimum Gasteiger partial charge on any atom is -0.310 e. The zero-order valence-corrected chi connectivity index (χ0v) is 12.1. The highest BCUT2D eigenvalue weighted by atomic mass is 32.1. The number of nitro benzene ring substituents is 1. The maximum absolute atomic E-state index is 12.4. The van der Waals surface area contributed by atoms with Crippen LogP contribution in [0.3, 0.4) is 0 Å². The molecule has 5 nitrogen and oxygen atoms in total. The SMILES string of the molecule is Cc1c(Cn2ccc3sccc3c2=O)cccc1[N+](=O)[O-]. The monoisotopic (exact) mass is 300 g/mol. The van der Waals surface area contributed by atoms with Crippen LogP contribution in [-0.4, -0.2) is 9.49 Å². The van der Waals surface area contributed by atoms with Crippen molar-refractivity contribution >= 4 is 27.1 Å². The van der Waals surface area contributed by atoms with Crippen LogP contribution in [0.4, 0.5) is 5.69 Å². The predicted octanol–water partition coefficient (Wildman–Crippen LogP) is 3.33. The molecule has 0 atom stereocenters. The highest BCUT2D eigenvalue weighted by Crippen LogP contribution is 2.22. The molecule has 0 amide bonds. The van der Waals surface area contributed by atoms with Gasteiger partial charge in [0.25, 0.3) is 11.2 Å². The van der Waals surface area contributed by atoms with E-state index in [0.717, 1.165) is 10.3 Å². The molecule has 2 heterocycles. The van der Waals surface area contributed by atoms with Gasteiger partial charge in [0, 0.05) is 22.5 Å². The molecule has 0 aliphatic carbocycles. The van der Waals surface area contributed by atoms with Gasteiger partial charge in [0.1, 0.15) is 0 Å². The van der Waals surface area contributed by atoms with Gasteiger partial charge in [0.2, 0.25) is 0 Å². The van der Waals surface area contributed by atoms with E-state index in [1.807, 2.05) is 17.5 Å². The molecule has 3 aromatic rings. The lowest BCUT2D eigenvalue weighted by molar-refractivity contribution is -0.385. The number of hydrogen-bond acceptors (Lipinski definition) is 4. The minimum absolute atomic E-state index is 0.0698. The maximum atomic E-state index is 12.4. The number of thiophene rings is 1. The molecular formula is C15H12N2O3S. The summed E-state index contributed by atoms with van der Waals surface area (Å²) in [4.78, 5) is 22.9. The second kappa shape index (κ2) is 5.14. The Balaban J connectivity index is 2.07. The first-order valence-electron chi connectivity index (χ1n) is 6.37. The Labute approximate surface area is 124 Å². The van der Waals surface area contributed by atoms with E-state index in [1.54, 1.807) is 29.8 Å². The van der Waals surface area contributed by atoms with Crippen LogP contribution < -0.4 is 5.56 Å². The molecule has 1 aromatic carbocycles. The molecule has 0 bridgehead atoms. The zero-order valence-electron chi connectivity index (χ0n) is 11.3. The smallest absolute Gasteiger partial charge is 0.272 e. The molecule has 2 aromatic heterocycles. The average Bonchev–Trinajstić information content (AvgIpc) is 2.93. The third-order valence-electron chi connectivity index (χ3n) is 3.55. The summed E-state index contributed by atoms with van der Waals surface area (Å²) in [5, 5.41) is 13.5. The van der Waals surface area contributed by atoms with Crippen molar-refractivity contribution in [2.24, 2.45) is 0 Å². The van der Waals surface area contributed by atoms with E-state index >= 15 is 0 Å². The molecule has 0 saturated carbocycles. The van der Waals surface area contributed by atoms with Gasteiger partial charge in [-0.05, 0) is 30.0 Å². The fourth-order valence-corrected chi connectivity index (χ4v) is 3.13. The van der Waals surface area contributed by atoms with Gasteiger partial charge in [-0.1, -0.05) is 12.1 Å². The van der Waals surface area contributed by atoms with Crippen molar-refractivity contribution in [1.29, 1.82) is 0 Å². The van der Waals surface area contributed by atoms with Crippen molar-refractivity contribution in [3.05, 3.63) is 73.5 Å². The van der Waals surface area contributed by atoms with Crippen LogP contribution >= 0.6 is 11.3 Å². The van der Waals surface area contributed by atoms with Crippen molar-refractivity contribution in [3.63, 3.8) is 0 Å². The van der Waals surface area contributed by atoms with Crippen LogP contribution in [0.5, 0.6) is 0 Å². The molecule has 0 radical (unpaired) electrons. The second-order valence-electron chi connectivity index (χ2n) is 4.77. The fourth-order valence-electron chi connectivity index (χ4n) is 2.35. The first-order valence-corrected chi connectivity index (χ1v) is 7.25. The second-order valence-corrected chi connectivity index (χ2v) is 5.71. The van der Waals surface area contributed by atoms with E-state index in [2.05, 4.69) is 0 Å². The van der Waals surface area contributed by atoms with Crippen molar-refractivity contribution < 1.29 is 4.92 Å². The van der Waals surface area contributed by atoms with Crippen molar-refractivity contribution in [2.75, 3.05) is 0 Å². The maximum Gasteiger partial charge on any atom is 0.272 e. The molecule has 6 heteroatoms. The number of nitrogens with zero attached hydrogens (tertiary/aromatic N) is 2. The van der Waals surface area contributed by atoms with Crippen LogP contribution in [0.25, 0.3) is 10.1 Å². The average molecular weight is 300 g/mol. The first kappa shape index (κ1) is 13.5. The Morgan fingerprint density at radius 1 is 1.29 bits per heavy atom. The Morgan fingerprint density at radius 3 is 2.86 bits per heavy atom. The van der Waals surface area contributed by atoms with Crippen LogP contribution in [-0.2, 0) is 6.54 Å². The van der Waals surface area contributed by atoms with E-state index in [-0.39, 0.29) is 11.2 Å². The Kier molecular flexibility index (Phi) is 3.31. The summed E-state index contributed by atoms with van der Waals surface area (Å²) in [5.74, 6) is 0. The van der Waals surface area contributed by atoms with Gasteiger partial charge >= 0.3 is 0 Å². The lowest BCUT2D eigenvalue weighted by atomic mass is 10.1. The molecular weight excluding hydrogens is 288 g/mol. The Bertz CT molecular complexity index is 895. The standard InChI is InChI=1S/C15H12N2O3S/c1-10-11(3-2-4-13(10)17(19)20)9-16-7-5-14-12(15(16)18)6-8-21-14/h2-8H,9H2,1H3. The fraction of sp³-hybridized carbons (Fsp3) is 0.133. The molecule has 106 valence electrons. The summed E-state index contributed by atoms with van der Waals surface area (Å²) < 4.78 is 2.54. The number of hydrogen-bond donors (Lipinski definition) is 0. The highest BCUT2D eigenvalue weighted by molar-refractivity contribution is 7.17. The molecule has 3 rings (SSSR count). The van der Waals surface area contributed by atoms with Gasteiger partial charge in [-0.25, -0.2) is 0 Å². The quantitative estimate of drug-likeness (QED) is 0.550. The molecule has 21 heavy (non-hydrogen) atoms. The van der Waals surface area contributed by atoms with Gasteiger partial charge in [0.15, 0.2) is 0 Å². The Morgan fingerprint density at radius 2 is 2.10 bits per heavy atom. The summed E-state index contributed by atoms with van der Waals surface area (Å²) in [7, 11) is 0. The normalized spacial score (nSPS) is 10.9. The lowest BCUT2D eigenvalue weighted by Crippen LogP contribution is -2.20.